The van der Waals surface area contributed by atoms with Crippen LogP contribution in [0.25, 0.3) is 10.8 Å². The van der Waals surface area contributed by atoms with Crippen molar-refractivity contribution < 1.29 is 9.53 Å². The number of cyclic esters (lactones) is 1. The molecule has 2 aromatic carbocycles. The van der Waals surface area contributed by atoms with Crippen molar-refractivity contribution in [1.29, 1.82) is 0 Å². The van der Waals surface area contributed by atoms with Gasteiger partial charge in [-0.05, 0) is 23.3 Å². The summed E-state index contributed by atoms with van der Waals surface area (Å²) in [6, 6.07) is 14.6. The summed E-state index contributed by atoms with van der Waals surface area (Å²) in [5.74, 6) is 0.114. The Kier molecular flexibility index (Phi) is 2.36. The molecule has 0 saturated carbocycles. The smallest absolute Gasteiger partial charge is 0.306 e. The van der Waals surface area contributed by atoms with Gasteiger partial charge in [0.05, 0.1) is 6.42 Å². The van der Waals surface area contributed by atoms with Crippen molar-refractivity contribution in [3.05, 3.63) is 48.0 Å². The van der Waals surface area contributed by atoms with E-state index in [1.165, 1.54) is 16.3 Å². The maximum atomic E-state index is 11.3. The lowest BCUT2D eigenvalue weighted by Crippen LogP contribution is -2.09. The van der Waals surface area contributed by atoms with Gasteiger partial charge >= 0.3 is 5.97 Å². The average molecular weight is 226 g/mol. The van der Waals surface area contributed by atoms with Gasteiger partial charge in [-0.25, -0.2) is 0 Å². The maximum absolute atomic E-state index is 11.3. The Labute approximate surface area is 100 Å². The predicted octanol–water partition coefficient (Wildman–Crippen LogP) is 3.26. The average Bonchev–Trinajstić information content (AvgIpc) is 2.68. The Hall–Kier alpha value is -1.83. The van der Waals surface area contributed by atoms with Gasteiger partial charge in [0.1, 0.15) is 6.10 Å². The summed E-state index contributed by atoms with van der Waals surface area (Å²) < 4.78 is 5.20. The molecule has 0 bridgehead atoms. The van der Waals surface area contributed by atoms with Crippen LogP contribution >= 0.6 is 0 Å². The van der Waals surface area contributed by atoms with Gasteiger partial charge in [0.25, 0.3) is 0 Å². The monoisotopic (exact) mass is 226 g/mol. The highest BCUT2D eigenvalue weighted by molar-refractivity contribution is 5.83. The van der Waals surface area contributed by atoms with Gasteiger partial charge in [-0.15, -0.1) is 0 Å². The zero-order valence-electron chi connectivity index (χ0n) is 9.72. The van der Waals surface area contributed by atoms with E-state index in [1.54, 1.807) is 0 Å². The number of hydrogen-bond acceptors (Lipinski definition) is 2. The maximum Gasteiger partial charge on any atom is 0.306 e. The van der Waals surface area contributed by atoms with Crippen LogP contribution in [0.1, 0.15) is 24.8 Å². The minimum absolute atomic E-state index is 0.0105. The van der Waals surface area contributed by atoms with Crippen LogP contribution in [-0.2, 0) is 9.53 Å². The number of carbonyl (C=O) groups excluding carboxylic acids is 1. The minimum atomic E-state index is -0.0874. The van der Waals surface area contributed by atoms with E-state index in [0.717, 1.165) is 0 Å². The number of fused-ring (bicyclic) bond motifs is 1. The van der Waals surface area contributed by atoms with E-state index in [4.69, 9.17) is 4.74 Å². The quantitative estimate of drug-likeness (QED) is 0.698. The first-order chi connectivity index (χ1) is 8.24. The number of hydrogen-bond donors (Lipinski definition) is 0. The number of carbonyl (C=O) groups is 1. The Morgan fingerprint density at radius 2 is 1.88 bits per heavy atom. The third-order valence-electron chi connectivity index (χ3n) is 3.47. The van der Waals surface area contributed by atoms with E-state index in [9.17, 15) is 4.79 Å². The highest BCUT2D eigenvalue weighted by Crippen LogP contribution is 2.33. The molecule has 1 heterocycles. The Morgan fingerprint density at radius 3 is 2.59 bits per heavy atom. The Bertz CT molecular complexity index is 574. The van der Waals surface area contributed by atoms with E-state index in [0.29, 0.717) is 6.42 Å². The third-order valence-corrected chi connectivity index (χ3v) is 3.47. The van der Waals surface area contributed by atoms with Crippen LogP contribution < -0.4 is 0 Å². The van der Waals surface area contributed by atoms with Crippen LogP contribution in [-0.4, -0.2) is 12.1 Å². The molecule has 1 aliphatic heterocycles. The summed E-state index contributed by atoms with van der Waals surface area (Å²) in [5.41, 5.74) is 1.20. The summed E-state index contributed by atoms with van der Waals surface area (Å²) in [6.45, 7) is 1.96. The molecule has 1 aliphatic rings. The molecule has 0 aliphatic carbocycles. The van der Waals surface area contributed by atoms with Gasteiger partial charge < -0.3 is 4.74 Å². The summed E-state index contributed by atoms with van der Waals surface area (Å²) in [6.07, 6.45) is 0.489. The normalized spacial score (nSPS) is 23.9. The first-order valence-corrected chi connectivity index (χ1v) is 5.92. The summed E-state index contributed by atoms with van der Waals surface area (Å²) in [7, 11) is 0. The van der Waals surface area contributed by atoms with Crippen molar-refractivity contribution >= 4 is 16.7 Å². The second-order valence-corrected chi connectivity index (χ2v) is 4.61. The van der Waals surface area contributed by atoms with Crippen LogP contribution in [0.15, 0.2) is 42.5 Å². The van der Waals surface area contributed by atoms with Gasteiger partial charge in [0, 0.05) is 5.92 Å². The van der Waals surface area contributed by atoms with Gasteiger partial charge in [0.2, 0.25) is 0 Å². The zero-order chi connectivity index (χ0) is 11.8. The van der Waals surface area contributed by atoms with Crippen LogP contribution in [0.3, 0.4) is 0 Å². The molecule has 0 N–H and O–H groups in total. The van der Waals surface area contributed by atoms with Gasteiger partial charge in [-0.2, -0.15) is 0 Å². The zero-order valence-corrected chi connectivity index (χ0v) is 9.72. The van der Waals surface area contributed by atoms with Crippen molar-refractivity contribution in [3.8, 4) is 0 Å². The van der Waals surface area contributed by atoms with E-state index in [2.05, 4.69) is 30.3 Å². The molecular formula is C15H14O2. The molecule has 0 spiro atoms. The second kappa shape index (κ2) is 3.88. The molecule has 0 amide bonds. The summed E-state index contributed by atoms with van der Waals surface area (Å²) in [5, 5.41) is 2.45. The van der Waals surface area contributed by atoms with Gasteiger partial charge in [-0.3, -0.25) is 4.79 Å². The van der Waals surface area contributed by atoms with Gasteiger partial charge in [-0.1, -0.05) is 42.5 Å². The van der Waals surface area contributed by atoms with Crippen molar-refractivity contribution in [2.24, 2.45) is 0 Å². The van der Waals surface area contributed by atoms with Crippen molar-refractivity contribution in [1.82, 2.24) is 0 Å². The van der Waals surface area contributed by atoms with Crippen LogP contribution in [0, 0.1) is 0 Å². The molecule has 2 heteroatoms. The molecule has 1 saturated heterocycles. The summed E-state index contributed by atoms with van der Waals surface area (Å²) in [4.78, 5) is 11.3. The highest BCUT2D eigenvalue weighted by Gasteiger charge is 2.32. The largest absolute Gasteiger partial charge is 0.462 e. The van der Waals surface area contributed by atoms with Crippen molar-refractivity contribution in [3.63, 3.8) is 0 Å². The molecule has 86 valence electrons. The SMILES string of the molecule is C[C@@H]1OC(=O)C[C@H]1c1ccc2ccccc2c1. The molecule has 0 radical (unpaired) electrons. The van der Waals surface area contributed by atoms with Gasteiger partial charge in [0.15, 0.2) is 0 Å². The molecule has 1 fully saturated rings. The Balaban J connectivity index is 2.03. The molecule has 2 atom stereocenters. The number of esters is 1. The Morgan fingerprint density at radius 1 is 1.12 bits per heavy atom. The third kappa shape index (κ3) is 1.80. The first-order valence-electron chi connectivity index (χ1n) is 5.92. The number of benzene rings is 2. The van der Waals surface area contributed by atoms with Crippen LogP contribution in [0.2, 0.25) is 0 Å². The number of rotatable bonds is 1. The van der Waals surface area contributed by atoms with E-state index < -0.39 is 0 Å². The first kappa shape index (κ1) is 10.3. The molecule has 2 nitrogen and oxygen atoms in total. The lowest BCUT2D eigenvalue weighted by Gasteiger charge is -2.13. The van der Waals surface area contributed by atoms with Crippen LogP contribution in [0.4, 0.5) is 0 Å². The molecule has 0 aromatic heterocycles. The fourth-order valence-corrected chi connectivity index (χ4v) is 2.51. The molecule has 0 unspecified atom stereocenters. The van der Waals surface area contributed by atoms with Crippen molar-refractivity contribution in [2.45, 2.75) is 25.4 Å². The second-order valence-electron chi connectivity index (χ2n) is 4.61. The van der Waals surface area contributed by atoms with E-state index in [1.807, 2.05) is 19.1 Å². The summed E-state index contributed by atoms with van der Waals surface area (Å²) >= 11 is 0. The topological polar surface area (TPSA) is 26.3 Å². The molecule has 2 aromatic rings. The fourth-order valence-electron chi connectivity index (χ4n) is 2.51. The van der Waals surface area contributed by atoms with Crippen LogP contribution in [0.5, 0.6) is 0 Å². The fraction of sp³-hybridized carbons (Fsp3) is 0.267. The molecular weight excluding hydrogens is 212 g/mol. The lowest BCUT2D eigenvalue weighted by molar-refractivity contribution is -0.140. The number of ether oxygens (including phenoxy) is 1. The lowest BCUT2D eigenvalue weighted by atomic mass is 9.91. The van der Waals surface area contributed by atoms with E-state index in [-0.39, 0.29) is 18.0 Å². The highest BCUT2D eigenvalue weighted by atomic mass is 16.5. The molecule has 17 heavy (non-hydrogen) atoms. The predicted molar refractivity (Wildman–Crippen MR) is 66.9 cm³/mol. The van der Waals surface area contributed by atoms with Crippen molar-refractivity contribution in [2.75, 3.05) is 0 Å². The standard InChI is InChI=1S/C15H14O2/c1-10-14(9-15(16)17-10)13-7-6-11-4-2-3-5-12(11)8-13/h2-8,10,14H,9H2,1H3/t10-,14+/m0/s1. The van der Waals surface area contributed by atoms with E-state index >= 15 is 0 Å². The molecule has 3 rings (SSSR count). The minimum Gasteiger partial charge on any atom is -0.462 e.